The predicted molar refractivity (Wildman–Crippen MR) is 48.1 cm³/mol. The fraction of sp³-hybridized carbons (Fsp3) is 0.600. The Labute approximate surface area is 69.1 Å². The summed E-state index contributed by atoms with van der Waals surface area (Å²) in [4.78, 5) is 0. The van der Waals surface area contributed by atoms with Gasteiger partial charge in [0.2, 0.25) is 0 Å². The minimum Gasteiger partial charge on any atom is -0.376 e. The molecule has 0 saturated carbocycles. The normalized spacial score (nSPS) is 14.2. The zero-order chi connectivity index (χ0) is 8.69. The topological polar surface area (TPSA) is 20.2 Å². The molecule has 1 heteroatoms. The molecule has 0 bridgehead atoms. The van der Waals surface area contributed by atoms with Crippen molar-refractivity contribution in [2.75, 3.05) is 0 Å². The van der Waals surface area contributed by atoms with Crippen LogP contribution in [0.25, 0.3) is 0 Å². The number of rotatable bonds is 4. The number of aliphatic hydroxyl groups excluding tert-OH is 1. The Morgan fingerprint density at radius 1 is 1.64 bits per heavy atom. The highest BCUT2D eigenvalue weighted by Gasteiger charge is 2.02. The van der Waals surface area contributed by atoms with Crippen molar-refractivity contribution in [3.8, 4) is 12.3 Å². The van der Waals surface area contributed by atoms with Crippen molar-refractivity contribution >= 4 is 0 Å². The average molecular weight is 152 g/mol. The smallest absolute Gasteiger partial charge is 0.135 e. The van der Waals surface area contributed by atoms with Crippen molar-refractivity contribution in [2.24, 2.45) is 0 Å². The summed E-state index contributed by atoms with van der Waals surface area (Å²) in [6.07, 6.45) is 9.38. The zero-order valence-electron chi connectivity index (χ0n) is 7.30. The lowest BCUT2D eigenvalue weighted by molar-refractivity contribution is 0.264. The van der Waals surface area contributed by atoms with Crippen LogP contribution in [0, 0.1) is 12.3 Å². The van der Waals surface area contributed by atoms with Gasteiger partial charge in [-0.05, 0) is 18.4 Å². The maximum Gasteiger partial charge on any atom is 0.135 e. The summed E-state index contributed by atoms with van der Waals surface area (Å²) >= 11 is 0. The Morgan fingerprint density at radius 2 is 2.27 bits per heavy atom. The van der Waals surface area contributed by atoms with E-state index in [0.717, 1.165) is 24.8 Å². The molecular formula is C10H16O. The van der Waals surface area contributed by atoms with Crippen LogP contribution in [0.5, 0.6) is 0 Å². The fourth-order valence-electron chi connectivity index (χ4n) is 0.886. The SMILES string of the molecule is C#CC(O)/C(=C/CCC)CC. The molecule has 62 valence electrons. The minimum atomic E-state index is -0.674. The van der Waals surface area contributed by atoms with Crippen LogP contribution in [0.3, 0.4) is 0 Å². The molecule has 0 radical (unpaired) electrons. The summed E-state index contributed by atoms with van der Waals surface area (Å²) < 4.78 is 0. The zero-order valence-corrected chi connectivity index (χ0v) is 7.30. The molecule has 1 atom stereocenters. The van der Waals surface area contributed by atoms with E-state index in [1.54, 1.807) is 0 Å². The van der Waals surface area contributed by atoms with Crippen LogP contribution >= 0.6 is 0 Å². The number of terminal acetylenes is 1. The van der Waals surface area contributed by atoms with Crippen LogP contribution in [0.4, 0.5) is 0 Å². The second-order valence-corrected chi connectivity index (χ2v) is 2.49. The van der Waals surface area contributed by atoms with Crippen LogP contribution in [-0.2, 0) is 0 Å². The van der Waals surface area contributed by atoms with Crippen LogP contribution in [0.15, 0.2) is 11.6 Å². The van der Waals surface area contributed by atoms with E-state index in [4.69, 9.17) is 6.42 Å². The highest BCUT2D eigenvalue weighted by Crippen LogP contribution is 2.08. The minimum absolute atomic E-state index is 0.674. The third-order valence-corrected chi connectivity index (χ3v) is 1.61. The third kappa shape index (κ3) is 3.85. The van der Waals surface area contributed by atoms with Gasteiger partial charge in [-0.2, -0.15) is 0 Å². The molecular weight excluding hydrogens is 136 g/mol. The molecule has 0 saturated heterocycles. The molecule has 0 aromatic heterocycles. The molecule has 11 heavy (non-hydrogen) atoms. The van der Waals surface area contributed by atoms with Crippen LogP contribution in [-0.4, -0.2) is 11.2 Å². The van der Waals surface area contributed by atoms with Gasteiger partial charge in [0.15, 0.2) is 0 Å². The van der Waals surface area contributed by atoms with E-state index in [-0.39, 0.29) is 0 Å². The highest BCUT2D eigenvalue weighted by atomic mass is 16.3. The summed E-state index contributed by atoms with van der Waals surface area (Å²) in [5.41, 5.74) is 0.967. The van der Waals surface area contributed by atoms with E-state index in [9.17, 15) is 5.11 Å². The van der Waals surface area contributed by atoms with Gasteiger partial charge in [-0.15, -0.1) is 6.42 Å². The summed E-state index contributed by atoms with van der Waals surface area (Å²) in [7, 11) is 0. The number of aliphatic hydroxyl groups is 1. The van der Waals surface area contributed by atoms with Gasteiger partial charge in [-0.1, -0.05) is 32.3 Å². The van der Waals surface area contributed by atoms with Gasteiger partial charge >= 0.3 is 0 Å². The number of unbranched alkanes of at least 4 members (excludes halogenated alkanes) is 1. The van der Waals surface area contributed by atoms with Gasteiger partial charge in [0.25, 0.3) is 0 Å². The molecule has 0 heterocycles. The first kappa shape index (κ1) is 10.3. The Kier molecular flexibility index (Phi) is 5.60. The molecule has 0 rings (SSSR count). The summed E-state index contributed by atoms with van der Waals surface area (Å²) in [5, 5.41) is 9.24. The second-order valence-electron chi connectivity index (χ2n) is 2.49. The van der Waals surface area contributed by atoms with E-state index in [0.29, 0.717) is 0 Å². The molecule has 1 unspecified atom stereocenters. The molecule has 0 aliphatic heterocycles. The highest BCUT2D eigenvalue weighted by molar-refractivity contribution is 5.18. The molecule has 0 aromatic rings. The van der Waals surface area contributed by atoms with Gasteiger partial charge in [0.1, 0.15) is 6.10 Å². The molecule has 0 aliphatic carbocycles. The fourth-order valence-corrected chi connectivity index (χ4v) is 0.886. The van der Waals surface area contributed by atoms with Gasteiger partial charge in [0, 0.05) is 0 Å². The Balaban J connectivity index is 4.05. The van der Waals surface area contributed by atoms with Gasteiger partial charge in [-0.25, -0.2) is 0 Å². The average Bonchev–Trinajstić information content (AvgIpc) is 2.05. The van der Waals surface area contributed by atoms with E-state index >= 15 is 0 Å². The molecule has 0 spiro atoms. The van der Waals surface area contributed by atoms with Crippen molar-refractivity contribution in [3.05, 3.63) is 11.6 Å². The van der Waals surface area contributed by atoms with E-state index in [1.807, 2.05) is 13.0 Å². The second kappa shape index (κ2) is 6.00. The van der Waals surface area contributed by atoms with Gasteiger partial charge in [0.05, 0.1) is 0 Å². The van der Waals surface area contributed by atoms with Gasteiger partial charge < -0.3 is 5.11 Å². The lowest BCUT2D eigenvalue weighted by Crippen LogP contribution is -2.05. The first-order chi connectivity index (χ1) is 5.26. The standard InChI is InChI=1S/C10H16O/c1-4-7-8-9(5-2)10(11)6-3/h3,8,10-11H,4-5,7H2,1-2H3/b9-8+. The molecule has 1 nitrogen and oxygen atoms in total. The van der Waals surface area contributed by atoms with Crippen molar-refractivity contribution in [2.45, 2.75) is 39.2 Å². The van der Waals surface area contributed by atoms with Crippen molar-refractivity contribution in [1.29, 1.82) is 0 Å². The first-order valence-corrected chi connectivity index (χ1v) is 4.09. The monoisotopic (exact) mass is 152 g/mol. The summed E-state index contributed by atoms with van der Waals surface area (Å²) in [5.74, 6) is 2.31. The third-order valence-electron chi connectivity index (χ3n) is 1.61. The lowest BCUT2D eigenvalue weighted by Gasteiger charge is -2.05. The van der Waals surface area contributed by atoms with Crippen molar-refractivity contribution < 1.29 is 5.11 Å². The van der Waals surface area contributed by atoms with Crippen LogP contribution in [0.2, 0.25) is 0 Å². The maximum atomic E-state index is 9.24. The van der Waals surface area contributed by atoms with Crippen LogP contribution < -0.4 is 0 Å². The Hall–Kier alpha value is -0.740. The Bertz CT molecular complexity index is 162. The largest absolute Gasteiger partial charge is 0.376 e. The lowest BCUT2D eigenvalue weighted by atomic mass is 10.1. The van der Waals surface area contributed by atoms with Crippen LogP contribution in [0.1, 0.15) is 33.1 Å². The van der Waals surface area contributed by atoms with E-state index < -0.39 is 6.10 Å². The van der Waals surface area contributed by atoms with Gasteiger partial charge in [-0.3, -0.25) is 0 Å². The molecule has 0 aliphatic rings. The first-order valence-electron chi connectivity index (χ1n) is 4.09. The van der Waals surface area contributed by atoms with E-state index in [2.05, 4.69) is 12.8 Å². The maximum absolute atomic E-state index is 9.24. The van der Waals surface area contributed by atoms with E-state index in [1.165, 1.54) is 0 Å². The summed E-state index contributed by atoms with van der Waals surface area (Å²) in [6, 6.07) is 0. The number of hydrogen-bond acceptors (Lipinski definition) is 1. The van der Waals surface area contributed by atoms with Crippen molar-refractivity contribution in [1.82, 2.24) is 0 Å². The molecule has 0 amide bonds. The molecule has 0 fully saturated rings. The summed E-state index contributed by atoms with van der Waals surface area (Å²) in [6.45, 7) is 4.11. The predicted octanol–water partition coefficient (Wildman–Crippen LogP) is 2.12. The molecule has 1 N–H and O–H groups in total. The Morgan fingerprint density at radius 3 is 2.64 bits per heavy atom. The quantitative estimate of drug-likeness (QED) is 0.483. The molecule has 0 aromatic carbocycles. The number of allylic oxidation sites excluding steroid dienone is 1. The number of hydrogen-bond donors (Lipinski definition) is 1. The van der Waals surface area contributed by atoms with Crippen molar-refractivity contribution in [3.63, 3.8) is 0 Å².